The molecule has 3 aromatic rings. The Morgan fingerprint density at radius 2 is 1.96 bits per heavy atom. The van der Waals surface area contributed by atoms with E-state index in [0.717, 1.165) is 37.3 Å². The Morgan fingerprint density at radius 1 is 1.19 bits per heavy atom. The maximum Gasteiger partial charge on any atom is 0.271 e. The highest BCUT2D eigenvalue weighted by Crippen LogP contribution is 2.32. The normalized spacial score (nSPS) is 15.3. The van der Waals surface area contributed by atoms with Crippen LogP contribution in [0.5, 0.6) is 0 Å². The van der Waals surface area contributed by atoms with Crippen molar-refractivity contribution in [3.05, 3.63) is 59.9 Å². The molecule has 4 rings (SSSR count). The van der Waals surface area contributed by atoms with Crippen molar-refractivity contribution in [1.29, 1.82) is 0 Å². The van der Waals surface area contributed by atoms with Crippen molar-refractivity contribution < 1.29 is 4.79 Å². The first kappa shape index (κ1) is 17.9. The van der Waals surface area contributed by atoms with E-state index in [0.29, 0.717) is 10.9 Å². The maximum absolute atomic E-state index is 12.8. The number of nitrogens with zero attached hydrogens (tertiary/aromatic N) is 3. The minimum Gasteiger partial charge on any atom is -0.349 e. The van der Waals surface area contributed by atoms with Gasteiger partial charge < -0.3 is 9.47 Å². The number of benzene rings is 1. The van der Waals surface area contributed by atoms with Gasteiger partial charge in [0, 0.05) is 36.5 Å². The number of H-pyrrole nitrogens is 1. The van der Waals surface area contributed by atoms with Gasteiger partial charge in [-0.05, 0) is 49.6 Å². The van der Waals surface area contributed by atoms with Gasteiger partial charge in [-0.1, -0.05) is 18.2 Å². The van der Waals surface area contributed by atoms with Crippen molar-refractivity contribution >= 4 is 17.7 Å². The molecule has 0 saturated carbocycles. The maximum atomic E-state index is 12.8. The molecule has 0 unspecified atom stereocenters. The molecule has 1 saturated heterocycles. The van der Waals surface area contributed by atoms with Gasteiger partial charge in [-0.3, -0.25) is 9.89 Å². The molecule has 0 bridgehead atoms. The fourth-order valence-electron chi connectivity index (χ4n) is 3.51. The number of hydrogen-bond acceptors (Lipinski definition) is 3. The number of aromatic nitrogens is 3. The molecule has 1 N–H and O–H groups in total. The molecule has 1 aliphatic rings. The van der Waals surface area contributed by atoms with E-state index >= 15 is 0 Å². The van der Waals surface area contributed by atoms with Gasteiger partial charge in [-0.25, -0.2) is 0 Å². The number of likely N-dealkylation sites (tertiary alicyclic amines) is 1. The first-order chi connectivity index (χ1) is 13.1. The van der Waals surface area contributed by atoms with Crippen LogP contribution < -0.4 is 0 Å². The SMILES string of the molecule is Cc1ccccc1SC1CCN(C(=O)c2cc(-c3cccn3C)n[nH]2)CC1. The topological polar surface area (TPSA) is 53.9 Å². The molecule has 6 heteroatoms. The summed E-state index contributed by atoms with van der Waals surface area (Å²) in [5.74, 6) is 0.0438. The van der Waals surface area contributed by atoms with E-state index in [1.54, 1.807) is 0 Å². The van der Waals surface area contributed by atoms with Gasteiger partial charge >= 0.3 is 0 Å². The molecule has 2 aromatic heterocycles. The van der Waals surface area contributed by atoms with Gasteiger partial charge in [0.1, 0.15) is 11.4 Å². The zero-order valence-corrected chi connectivity index (χ0v) is 16.5. The Kier molecular flexibility index (Phi) is 5.07. The van der Waals surface area contributed by atoms with Gasteiger partial charge in [0.05, 0.1) is 5.69 Å². The molecule has 0 radical (unpaired) electrons. The number of carbonyl (C=O) groups excluding carboxylic acids is 1. The molecule has 5 nitrogen and oxygen atoms in total. The molecule has 1 amide bonds. The number of carbonyl (C=O) groups is 1. The highest BCUT2D eigenvalue weighted by molar-refractivity contribution is 8.00. The van der Waals surface area contributed by atoms with Crippen LogP contribution in [0.3, 0.4) is 0 Å². The Hall–Kier alpha value is -2.47. The van der Waals surface area contributed by atoms with Gasteiger partial charge in [0.15, 0.2) is 0 Å². The summed E-state index contributed by atoms with van der Waals surface area (Å²) in [4.78, 5) is 16.1. The smallest absolute Gasteiger partial charge is 0.271 e. The van der Waals surface area contributed by atoms with Crippen LogP contribution in [-0.2, 0) is 7.05 Å². The van der Waals surface area contributed by atoms with Crippen LogP contribution in [0, 0.1) is 6.92 Å². The summed E-state index contributed by atoms with van der Waals surface area (Å²) in [6.07, 6.45) is 4.01. The van der Waals surface area contributed by atoms with Crippen molar-refractivity contribution in [2.75, 3.05) is 13.1 Å². The molecule has 1 fully saturated rings. The summed E-state index contributed by atoms with van der Waals surface area (Å²) in [5.41, 5.74) is 3.69. The highest BCUT2D eigenvalue weighted by atomic mass is 32.2. The average Bonchev–Trinajstić information content (AvgIpc) is 3.32. The van der Waals surface area contributed by atoms with E-state index in [9.17, 15) is 4.79 Å². The lowest BCUT2D eigenvalue weighted by Gasteiger charge is -2.31. The molecule has 0 spiro atoms. The number of hydrogen-bond donors (Lipinski definition) is 1. The minimum atomic E-state index is 0.0438. The third-order valence-corrected chi connectivity index (χ3v) is 6.65. The predicted molar refractivity (Wildman–Crippen MR) is 109 cm³/mol. The third kappa shape index (κ3) is 3.81. The van der Waals surface area contributed by atoms with E-state index in [-0.39, 0.29) is 5.91 Å². The van der Waals surface area contributed by atoms with Gasteiger partial charge in [-0.15, -0.1) is 11.8 Å². The second-order valence-corrected chi connectivity index (χ2v) is 8.39. The lowest BCUT2D eigenvalue weighted by molar-refractivity contribution is 0.0721. The highest BCUT2D eigenvalue weighted by Gasteiger charge is 2.25. The number of aryl methyl sites for hydroxylation is 2. The standard InChI is InChI=1S/C21H24N4OS/c1-15-6-3-4-8-20(15)27-16-9-12-25(13-10-16)21(26)18-14-17(22-23-18)19-7-5-11-24(19)2/h3-8,11,14,16H,9-10,12-13H2,1-2H3,(H,22,23). The zero-order chi connectivity index (χ0) is 18.8. The molecule has 3 heterocycles. The minimum absolute atomic E-state index is 0.0438. The Labute approximate surface area is 163 Å². The molecule has 27 heavy (non-hydrogen) atoms. The lowest BCUT2D eigenvalue weighted by Crippen LogP contribution is -2.39. The summed E-state index contributed by atoms with van der Waals surface area (Å²) in [6, 6.07) is 14.3. The number of amides is 1. The largest absolute Gasteiger partial charge is 0.349 e. The summed E-state index contributed by atoms with van der Waals surface area (Å²) in [6.45, 7) is 3.74. The monoisotopic (exact) mass is 380 g/mol. The zero-order valence-electron chi connectivity index (χ0n) is 15.7. The third-order valence-electron chi connectivity index (χ3n) is 5.13. The molecule has 0 atom stereocenters. The van der Waals surface area contributed by atoms with Crippen LogP contribution in [0.4, 0.5) is 0 Å². The van der Waals surface area contributed by atoms with Crippen LogP contribution in [0.15, 0.2) is 53.6 Å². The summed E-state index contributed by atoms with van der Waals surface area (Å²) in [7, 11) is 1.97. The average molecular weight is 381 g/mol. The number of aromatic amines is 1. The Balaban J connectivity index is 1.37. The van der Waals surface area contributed by atoms with E-state index in [2.05, 4.69) is 41.4 Å². The summed E-state index contributed by atoms with van der Waals surface area (Å²) in [5, 5.41) is 7.80. The van der Waals surface area contributed by atoms with Crippen LogP contribution in [0.25, 0.3) is 11.4 Å². The van der Waals surface area contributed by atoms with Gasteiger partial charge in [0.25, 0.3) is 5.91 Å². The van der Waals surface area contributed by atoms with Crippen LogP contribution >= 0.6 is 11.8 Å². The van der Waals surface area contributed by atoms with Crippen molar-refractivity contribution in [2.45, 2.75) is 29.9 Å². The summed E-state index contributed by atoms with van der Waals surface area (Å²) >= 11 is 1.94. The number of piperidine rings is 1. The molecule has 140 valence electrons. The first-order valence-electron chi connectivity index (χ1n) is 9.30. The quantitative estimate of drug-likeness (QED) is 0.741. The Morgan fingerprint density at radius 3 is 2.67 bits per heavy atom. The van der Waals surface area contributed by atoms with Crippen molar-refractivity contribution in [3.63, 3.8) is 0 Å². The predicted octanol–water partition coefficient (Wildman–Crippen LogP) is 4.12. The molecule has 1 aliphatic heterocycles. The van der Waals surface area contributed by atoms with Crippen molar-refractivity contribution in [3.8, 4) is 11.4 Å². The van der Waals surface area contributed by atoms with E-state index in [4.69, 9.17) is 0 Å². The second kappa shape index (κ2) is 7.64. The number of nitrogens with one attached hydrogen (secondary N) is 1. The van der Waals surface area contributed by atoms with Crippen molar-refractivity contribution in [2.24, 2.45) is 7.05 Å². The van der Waals surface area contributed by atoms with Gasteiger partial charge in [-0.2, -0.15) is 5.10 Å². The van der Waals surface area contributed by atoms with Crippen LogP contribution in [0.2, 0.25) is 0 Å². The van der Waals surface area contributed by atoms with Gasteiger partial charge in [0.2, 0.25) is 0 Å². The summed E-state index contributed by atoms with van der Waals surface area (Å²) < 4.78 is 2.00. The van der Waals surface area contributed by atoms with E-state index in [1.807, 2.05) is 52.7 Å². The van der Waals surface area contributed by atoms with Crippen LogP contribution in [-0.4, -0.2) is 43.9 Å². The number of rotatable bonds is 4. The fraction of sp³-hybridized carbons (Fsp3) is 0.333. The molecular weight excluding hydrogens is 356 g/mol. The van der Waals surface area contributed by atoms with E-state index in [1.165, 1.54) is 10.5 Å². The Bertz CT molecular complexity index is 937. The first-order valence-corrected chi connectivity index (χ1v) is 10.2. The molecule has 1 aromatic carbocycles. The van der Waals surface area contributed by atoms with E-state index < -0.39 is 0 Å². The second-order valence-electron chi connectivity index (χ2n) is 7.05. The van der Waals surface area contributed by atoms with Crippen molar-refractivity contribution in [1.82, 2.24) is 19.7 Å². The fourth-order valence-corrected chi connectivity index (χ4v) is 4.72. The molecular formula is C21H24N4OS. The van der Waals surface area contributed by atoms with Crippen LogP contribution in [0.1, 0.15) is 28.9 Å². The lowest BCUT2D eigenvalue weighted by atomic mass is 10.1. The molecule has 0 aliphatic carbocycles. The number of thioether (sulfide) groups is 1.